The smallest absolute Gasteiger partial charge is 1.00 e. The Hall–Kier alpha value is 1.45. The van der Waals surface area contributed by atoms with E-state index in [4.69, 9.17) is 9.47 Å². The third-order valence-electron chi connectivity index (χ3n) is 0.859. The van der Waals surface area contributed by atoms with E-state index in [-0.39, 0.29) is 37.3 Å². The average Bonchev–Trinajstić information content (AvgIpc) is 1.72. The van der Waals surface area contributed by atoms with Crippen molar-refractivity contribution in [2.24, 2.45) is 0 Å². The van der Waals surface area contributed by atoms with Crippen molar-refractivity contribution in [1.29, 1.82) is 0 Å². The third kappa shape index (κ3) is 5.59. The van der Waals surface area contributed by atoms with Gasteiger partial charge in [-0.05, 0) is 0 Å². The van der Waals surface area contributed by atoms with Crippen LogP contribution in [0.5, 0.6) is 0 Å². The van der Waals surface area contributed by atoms with Gasteiger partial charge < -0.3 is 10.9 Å². The van der Waals surface area contributed by atoms with Crippen LogP contribution >= 0.6 is 0 Å². The maximum Gasteiger partial charge on any atom is 1.00 e. The molecule has 0 radical (unpaired) electrons. The van der Waals surface area contributed by atoms with Gasteiger partial charge in [-0.1, -0.05) is 5.28 Å². The van der Waals surface area contributed by atoms with Crippen LogP contribution in [0.25, 0.3) is 0 Å². The number of hydrogen-bond acceptors (Lipinski definition) is 2. The van der Waals surface area contributed by atoms with Crippen molar-refractivity contribution in [3.8, 4) is 0 Å². The second-order valence-corrected chi connectivity index (χ2v) is 2.13. The van der Waals surface area contributed by atoms with Crippen molar-refractivity contribution in [2.45, 2.75) is 11.6 Å². The van der Waals surface area contributed by atoms with Crippen LogP contribution in [-0.4, -0.2) is 36.8 Å². The molecule has 0 fully saturated rings. The largest absolute Gasteiger partial charge is 1.00 e. The summed E-state index contributed by atoms with van der Waals surface area (Å²) in [7, 11) is 3.32. The summed E-state index contributed by atoms with van der Waals surface area (Å²) in [4.78, 5) is 0. The van der Waals surface area contributed by atoms with Gasteiger partial charge in [-0.3, -0.25) is 0 Å². The Labute approximate surface area is 82.1 Å². The van der Waals surface area contributed by atoms with Crippen LogP contribution in [0.3, 0.4) is 0 Å². The van der Waals surface area contributed by atoms with Gasteiger partial charge in [0.1, 0.15) is 6.29 Å². The molecule has 44 valence electrons. The molecule has 0 aliphatic rings. The summed E-state index contributed by atoms with van der Waals surface area (Å²) in [6.45, 7) is 0. The predicted molar refractivity (Wildman–Crippen MR) is 32.3 cm³/mol. The molecule has 0 saturated heterocycles. The van der Waals surface area contributed by atoms with Crippen LogP contribution in [0.1, 0.15) is 1.43 Å². The van der Waals surface area contributed by atoms with E-state index in [0.717, 1.165) is 21.6 Å². The van der Waals surface area contributed by atoms with Crippen LogP contribution in [0.2, 0.25) is 5.28 Å². The average molecular weight is 142 g/mol. The maximum atomic E-state index is 4.86. The molecule has 0 aromatic rings. The summed E-state index contributed by atoms with van der Waals surface area (Å²) >= 11 is 1.14. The van der Waals surface area contributed by atoms with Gasteiger partial charge in [-0.15, -0.1) is 0 Å². The third-order valence-corrected chi connectivity index (χ3v) is 1.53. The summed E-state index contributed by atoms with van der Waals surface area (Å²) in [5, 5.41) is 1.05. The molecule has 0 aromatic carbocycles. The molecule has 0 spiro atoms. The fourth-order valence-corrected chi connectivity index (χ4v) is 1.10. The molecule has 0 unspecified atom stereocenters. The molecule has 0 atom stereocenters. The molecule has 2 nitrogen and oxygen atoms in total. The van der Waals surface area contributed by atoms with E-state index in [1.54, 1.807) is 14.2 Å². The van der Waals surface area contributed by atoms with Crippen molar-refractivity contribution in [3.63, 3.8) is 0 Å². The van der Waals surface area contributed by atoms with E-state index >= 15 is 0 Å². The molecule has 8 heavy (non-hydrogen) atoms. The summed E-state index contributed by atoms with van der Waals surface area (Å²) in [5.74, 6) is 0. The maximum absolute atomic E-state index is 4.86. The minimum Gasteiger partial charge on any atom is -1.00 e. The molecule has 0 aromatic heterocycles. The van der Waals surface area contributed by atoms with Crippen molar-refractivity contribution < 1.29 is 40.5 Å². The normalized spacial score (nSPS) is 8.88. The second kappa shape index (κ2) is 8.45. The van der Waals surface area contributed by atoms with E-state index in [1.807, 2.05) is 0 Å². The summed E-state index contributed by atoms with van der Waals surface area (Å²) in [5.41, 5.74) is 0. The van der Waals surface area contributed by atoms with Gasteiger partial charge in [0.2, 0.25) is 16.3 Å². The first-order chi connectivity index (χ1) is 3.35. The Bertz CT molecular complexity index is 40.0. The summed E-state index contributed by atoms with van der Waals surface area (Å²) in [6, 6.07) is 0. The second-order valence-electron chi connectivity index (χ2n) is 1.31. The molecule has 0 rings (SSSR count). The Balaban J connectivity index is -0.000000180. The Kier molecular flexibility index (Phi) is 12.8. The minimum atomic E-state index is 0. The van der Waals surface area contributed by atoms with E-state index in [9.17, 15) is 0 Å². The molecule has 0 aliphatic carbocycles. The van der Waals surface area contributed by atoms with Crippen molar-refractivity contribution in [1.82, 2.24) is 0 Å². The minimum absolute atomic E-state index is 0. The van der Waals surface area contributed by atoms with E-state index in [1.165, 1.54) is 0 Å². The molecule has 0 bridgehead atoms. The fraction of sp³-hybridized carbons (Fsp3) is 1.00. The summed E-state index contributed by atoms with van der Waals surface area (Å²) < 4.78 is 9.72. The Morgan fingerprint density at radius 3 is 1.88 bits per heavy atom. The van der Waals surface area contributed by atoms with E-state index in [2.05, 4.69) is 0 Å². The van der Waals surface area contributed by atoms with Crippen molar-refractivity contribution in [2.75, 3.05) is 14.2 Å². The van der Waals surface area contributed by atoms with Crippen molar-refractivity contribution >= 4 is 16.3 Å². The number of ether oxygens (including phenoxy) is 2. The van der Waals surface area contributed by atoms with Crippen molar-refractivity contribution in [3.05, 3.63) is 0 Å². The Morgan fingerprint density at radius 1 is 1.50 bits per heavy atom. The van der Waals surface area contributed by atoms with E-state index < -0.39 is 0 Å². The molecule has 4 heteroatoms. The molecule has 0 heterocycles. The zero-order valence-electron chi connectivity index (χ0n) is 7.10. The zero-order valence-corrected chi connectivity index (χ0v) is 10.1. The zero-order chi connectivity index (χ0) is 5.70. The SMILES string of the molecule is COC([CH2][AlH2])OC.[H-].[Na+]. The molecular weight excluding hydrogens is 130 g/mol. The van der Waals surface area contributed by atoms with Crippen LogP contribution in [0, 0.1) is 0 Å². The first-order valence-corrected chi connectivity index (χ1v) is 3.82. The molecule has 0 N–H and O–H groups in total. The van der Waals surface area contributed by atoms with Gasteiger partial charge >= 0.3 is 29.6 Å². The molecular formula is C4H12AlNaO2. The number of hydrogen-bond donors (Lipinski definition) is 0. The van der Waals surface area contributed by atoms with Crippen LogP contribution in [-0.2, 0) is 9.47 Å². The standard InChI is InChI=1S/C4H9O2.Al.Na.3H/c1-4(5-2)6-3;;;;;/h4H,1H2,2-3H3;;;;;/q;;+1;;;-1. The van der Waals surface area contributed by atoms with Crippen LogP contribution in [0.15, 0.2) is 0 Å². The molecule has 0 aliphatic heterocycles. The van der Waals surface area contributed by atoms with Gasteiger partial charge in [0.15, 0.2) is 0 Å². The van der Waals surface area contributed by atoms with Gasteiger partial charge in [0, 0.05) is 14.2 Å². The van der Waals surface area contributed by atoms with Crippen LogP contribution in [0.4, 0.5) is 0 Å². The van der Waals surface area contributed by atoms with Gasteiger partial charge in [-0.2, -0.15) is 0 Å². The van der Waals surface area contributed by atoms with Gasteiger partial charge in [-0.25, -0.2) is 0 Å². The van der Waals surface area contributed by atoms with Gasteiger partial charge in [0.25, 0.3) is 0 Å². The van der Waals surface area contributed by atoms with Gasteiger partial charge in [0.05, 0.1) is 0 Å². The van der Waals surface area contributed by atoms with E-state index in [0.29, 0.717) is 0 Å². The monoisotopic (exact) mass is 142 g/mol. The fourth-order valence-electron chi connectivity index (χ4n) is 0.430. The Morgan fingerprint density at radius 2 is 1.88 bits per heavy atom. The number of rotatable bonds is 3. The number of methoxy groups -OCH3 is 2. The molecule has 0 amide bonds. The predicted octanol–water partition coefficient (Wildman–Crippen LogP) is -3.23. The topological polar surface area (TPSA) is 18.5 Å². The summed E-state index contributed by atoms with van der Waals surface area (Å²) in [6.07, 6.45) is 0.0478. The molecule has 0 saturated carbocycles. The first-order valence-electron chi connectivity index (χ1n) is 2.40. The quantitative estimate of drug-likeness (QED) is 0.305. The first kappa shape index (κ1) is 12.2. The van der Waals surface area contributed by atoms with Crippen LogP contribution < -0.4 is 29.6 Å².